The molecule has 110 valence electrons. The number of carbonyl (C=O) groups is 1. The molecule has 0 atom stereocenters. The Labute approximate surface area is 124 Å². The largest absolute Gasteiger partial charge is 0.493 e. The maximum atomic E-state index is 11.5. The van der Waals surface area contributed by atoms with E-state index in [0.717, 1.165) is 31.8 Å². The van der Waals surface area contributed by atoms with Crippen LogP contribution >= 0.6 is 12.6 Å². The van der Waals surface area contributed by atoms with Crippen molar-refractivity contribution in [2.24, 2.45) is 5.41 Å². The van der Waals surface area contributed by atoms with E-state index in [-0.39, 0.29) is 11.4 Å². The zero-order chi connectivity index (χ0) is 14.4. The third-order valence-corrected chi connectivity index (χ3v) is 4.36. The number of benzene rings is 1. The molecule has 1 fully saturated rings. The lowest BCUT2D eigenvalue weighted by Gasteiger charge is -2.35. The molecule has 2 rings (SSSR count). The van der Waals surface area contributed by atoms with E-state index in [2.05, 4.69) is 12.6 Å². The number of carbonyl (C=O) groups excluding carboxylic acids is 1. The highest BCUT2D eigenvalue weighted by molar-refractivity contribution is 7.80. The highest BCUT2D eigenvalue weighted by Crippen LogP contribution is 2.32. The zero-order valence-corrected chi connectivity index (χ0v) is 12.5. The molecule has 0 aromatic heterocycles. The molecule has 5 heteroatoms. The molecule has 0 amide bonds. The molecule has 0 bridgehead atoms. The van der Waals surface area contributed by atoms with E-state index in [0.29, 0.717) is 17.9 Å². The summed E-state index contributed by atoms with van der Waals surface area (Å²) in [6.07, 6.45) is 1.90. The number of hydrogen-bond acceptors (Lipinski definition) is 5. The Morgan fingerprint density at radius 1 is 1.40 bits per heavy atom. The van der Waals surface area contributed by atoms with E-state index in [4.69, 9.17) is 14.2 Å². The standard InChI is InChI=1S/C15H20O4S/c1-17-14(16)12-3-2-4-13(9-12)19-10-15(11-20)5-7-18-8-6-15/h2-4,9,20H,5-8,10-11H2,1H3. The van der Waals surface area contributed by atoms with Crippen molar-refractivity contribution in [1.82, 2.24) is 0 Å². The van der Waals surface area contributed by atoms with Gasteiger partial charge in [0.15, 0.2) is 0 Å². The fourth-order valence-electron chi connectivity index (χ4n) is 2.22. The lowest BCUT2D eigenvalue weighted by atomic mass is 9.83. The first kappa shape index (κ1) is 15.2. The summed E-state index contributed by atoms with van der Waals surface area (Å²) in [6, 6.07) is 7.05. The molecular formula is C15H20O4S. The topological polar surface area (TPSA) is 44.8 Å². The summed E-state index contributed by atoms with van der Waals surface area (Å²) in [6.45, 7) is 2.10. The minimum atomic E-state index is -0.356. The Bertz CT molecular complexity index is 455. The van der Waals surface area contributed by atoms with Crippen LogP contribution in [0.4, 0.5) is 0 Å². The summed E-state index contributed by atoms with van der Waals surface area (Å²) in [4.78, 5) is 11.5. The van der Waals surface area contributed by atoms with Crippen LogP contribution in [0.5, 0.6) is 5.75 Å². The predicted molar refractivity (Wildman–Crippen MR) is 79.6 cm³/mol. The van der Waals surface area contributed by atoms with Gasteiger partial charge in [0.1, 0.15) is 5.75 Å². The summed E-state index contributed by atoms with van der Waals surface area (Å²) < 4.78 is 16.0. The molecule has 0 N–H and O–H groups in total. The number of ether oxygens (including phenoxy) is 3. The molecule has 1 saturated heterocycles. The molecule has 4 nitrogen and oxygen atoms in total. The van der Waals surface area contributed by atoms with E-state index in [9.17, 15) is 4.79 Å². The maximum absolute atomic E-state index is 11.5. The van der Waals surface area contributed by atoms with Gasteiger partial charge in [0.2, 0.25) is 0 Å². The van der Waals surface area contributed by atoms with E-state index < -0.39 is 0 Å². The second kappa shape index (κ2) is 6.99. The van der Waals surface area contributed by atoms with E-state index >= 15 is 0 Å². The van der Waals surface area contributed by atoms with Crippen LogP contribution in [0.15, 0.2) is 24.3 Å². The van der Waals surface area contributed by atoms with Gasteiger partial charge in [-0.25, -0.2) is 4.79 Å². The van der Waals surface area contributed by atoms with Gasteiger partial charge in [-0.1, -0.05) is 6.07 Å². The smallest absolute Gasteiger partial charge is 0.337 e. The van der Waals surface area contributed by atoms with E-state index in [1.165, 1.54) is 7.11 Å². The normalized spacial score (nSPS) is 17.5. The Kier molecular flexibility index (Phi) is 5.31. The number of hydrogen-bond donors (Lipinski definition) is 1. The van der Waals surface area contributed by atoms with Crippen molar-refractivity contribution in [2.45, 2.75) is 12.8 Å². The monoisotopic (exact) mass is 296 g/mol. The molecule has 1 aliphatic rings. The van der Waals surface area contributed by atoms with Crippen molar-refractivity contribution < 1.29 is 19.0 Å². The molecule has 1 aromatic carbocycles. The molecule has 0 saturated carbocycles. The first-order chi connectivity index (χ1) is 9.69. The van der Waals surface area contributed by atoms with Gasteiger partial charge in [-0.3, -0.25) is 0 Å². The van der Waals surface area contributed by atoms with Crippen LogP contribution < -0.4 is 4.74 Å². The molecule has 0 unspecified atom stereocenters. The number of methoxy groups -OCH3 is 1. The second-order valence-electron chi connectivity index (χ2n) is 5.08. The van der Waals surface area contributed by atoms with Gasteiger partial charge in [-0.2, -0.15) is 12.6 Å². The molecule has 1 aromatic rings. The van der Waals surface area contributed by atoms with Crippen LogP contribution in [0.25, 0.3) is 0 Å². The maximum Gasteiger partial charge on any atom is 0.337 e. The van der Waals surface area contributed by atoms with Gasteiger partial charge in [0.05, 0.1) is 19.3 Å². The number of thiol groups is 1. The Morgan fingerprint density at radius 2 is 2.15 bits per heavy atom. The molecule has 1 heterocycles. The van der Waals surface area contributed by atoms with Crippen molar-refractivity contribution in [2.75, 3.05) is 32.7 Å². The minimum Gasteiger partial charge on any atom is -0.493 e. The average molecular weight is 296 g/mol. The highest BCUT2D eigenvalue weighted by Gasteiger charge is 2.32. The van der Waals surface area contributed by atoms with Crippen LogP contribution in [-0.4, -0.2) is 38.7 Å². The van der Waals surface area contributed by atoms with Gasteiger partial charge in [0, 0.05) is 18.6 Å². The van der Waals surface area contributed by atoms with Crippen LogP contribution in [0, 0.1) is 5.41 Å². The molecule has 0 aliphatic carbocycles. The van der Waals surface area contributed by atoms with Crippen molar-refractivity contribution in [3.05, 3.63) is 29.8 Å². The minimum absolute atomic E-state index is 0.0582. The molecule has 1 aliphatic heterocycles. The molecule has 0 radical (unpaired) electrons. The summed E-state index contributed by atoms with van der Waals surface area (Å²) >= 11 is 4.45. The van der Waals surface area contributed by atoms with Gasteiger partial charge < -0.3 is 14.2 Å². The van der Waals surface area contributed by atoms with Crippen LogP contribution in [0.2, 0.25) is 0 Å². The molecule has 20 heavy (non-hydrogen) atoms. The predicted octanol–water partition coefficient (Wildman–Crippen LogP) is 2.58. The van der Waals surface area contributed by atoms with Crippen molar-refractivity contribution in [3.63, 3.8) is 0 Å². The van der Waals surface area contributed by atoms with E-state index in [1.807, 2.05) is 6.07 Å². The number of rotatable bonds is 5. The third kappa shape index (κ3) is 3.67. The van der Waals surface area contributed by atoms with Gasteiger partial charge in [-0.15, -0.1) is 0 Å². The molecule has 0 spiro atoms. The Hall–Kier alpha value is -1.20. The molecular weight excluding hydrogens is 276 g/mol. The number of esters is 1. The summed E-state index contributed by atoms with van der Waals surface area (Å²) in [5.41, 5.74) is 0.555. The summed E-state index contributed by atoms with van der Waals surface area (Å²) in [7, 11) is 1.37. The summed E-state index contributed by atoms with van der Waals surface area (Å²) in [5, 5.41) is 0. The van der Waals surface area contributed by atoms with Crippen molar-refractivity contribution >= 4 is 18.6 Å². The van der Waals surface area contributed by atoms with Crippen molar-refractivity contribution in [1.29, 1.82) is 0 Å². The van der Waals surface area contributed by atoms with Crippen LogP contribution in [0.1, 0.15) is 23.2 Å². The average Bonchev–Trinajstić information content (AvgIpc) is 2.53. The fourth-order valence-corrected chi connectivity index (χ4v) is 2.63. The SMILES string of the molecule is COC(=O)c1cccc(OCC2(CS)CCOCC2)c1. The Balaban J connectivity index is 2.01. The summed E-state index contributed by atoms with van der Waals surface area (Å²) in [5.74, 6) is 1.10. The van der Waals surface area contributed by atoms with Crippen LogP contribution in [-0.2, 0) is 9.47 Å². The lowest BCUT2D eigenvalue weighted by molar-refractivity contribution is 0.00309. The first-order valence-corrected chi connectivity index (χ1v) is 7.32. The Morgan fingerprint density at radius 3 is 2.80 bits per heavy atom. The quantitative estimate of drug-likeness (QED) is 0.670. The van der Waals surface area contributed by atoms with E-state index in [1.54, 1.807) is 18.2 Å². The third-order valence-electron chi connectivity index (χ3n) is 3.69. The van der Waals surface area contributed by atoms with Gasteiger partial charge in [-0.05, 0) is 36.8 Å². The second-order valence-corrected chi connectivity index (χ2v) is 5.39. The highest BCUT2D eigenvalue weighted by atomic mass is 32.1. The van der Waals surface area contributed by atoms with Gasteiger partial charge >= 0.3 is 5.97 Å². The van der Waals surface area contributed by atoms with Gasteiger partial charge in [0.25, 0.3) is 0 Å². The zero-order valence-electron chi connectivity index (χ0n) is 11.6. The fraction of sp³-hybridized carbons (Fsp3) is 0.533. The first-order valence-electron chi connectivity index (χ1n) is 6.69. The lowest BCUT2D eigenvalue weighted by Crippen LogP contribution is -2.36. The van der Waals surface area contributed by atoms with Crippen molar-refractivity contribution in [3.8, 4) is 5.75 Å². The van der Waals surface area contributed by atoms with Crippen LogP contribution in [0.3, 0.4) is 0 Å².